The van der Waals surface area contributed by atoms with Crippen molar-refractivity contribution in [3.63, 3.8) is 0 Å². The number of nitrogens with zero attached hydrogens (tertiary/aromatic N) is 3. The van der Waals surface area contributed by atoms with Crippen LogP contribution in [0.1, 0.15) is 17.5 Å². The van der Waals surface area contributed by atoms with Crippen LogP contribution in [0.3, 0.4) is 0 Å². The molecule has 2 N–H and O–H groups in total. The molecule has 1 aromatic carbocycles. The van der Waals surface area contributed by atoms with Crippen LogP contribution in [0, 0.1) is 0 Å². The van der Waals surface area contributed by atoms with Gasteiger partial charge in [-0.15, -0.1) is 0 Å². The normalized spacial score (nSPS) is 13.2. The maximum atomic E-state index is 11.6. The van der Waals surface area contributed by atoms with Crippen molar-refractivity contribution in [3.05, 3.63) is 66.1 Å². The zero-order valence-electron chi connectivity index (χ0n) is 15.8. The van der Waals surface area contributed by atoms with E-state index in [2.05, 4.69) is 34.2 Å². The maximum absolute atomic E-state index is 11.6. The fourth-order valence-corrected chi connectivity index (χ4v) is 3.66. The molecule has 0 spiro atoms. The monoisotopic (exact) mass is 374 g/mol. The van der Waals surface area contributed by atoms with Crippen LogP contribution < -0.4 is 10.6 Å². The van der Waals surface area contributed by atoms with Gasteiger partial charge in [-0.2, -0.15) is 0 Å². The highest BCUT2D eigenvalue weighted by atomic mass is 16.5. The highest BCUT2D eigenvalue weighted by Crippen LogP contribution is 2.31. The molecular weight excluding hydrogens is 352 g/mol. The number of aromatic nitrogens is 2. The van der Waals surface area contributed by atoms with Crippen LogP contribution in [-0.4, -0.2) is 29.7 Å². The zero-order chi connectivity index (χ0) is 19.5. The Hall–Kier alpha value is -3.25. The Labute approximate surface area is 164 Å². The molecule has 28 heavy (non-hydrogen) atoms. The second-order valence-corrected chi connectivity index (χ2v) is 6.85. The topological polar surface area (TPSA) is 81.3 Å². The summed E-state index contributed by atoms with van der Waals surface area (Å²) in [6.07, 6.45) is 7.23. The van der Waals surface area contributed by atoms with Gasteiger partial charge in [0.05, 0.1) is 6.61 Å². The molecule has 0 saturated carbocycles. The van der Waals surface area contributed by atoms with Crippen LogP contribution in [0.15, 0.2) is 55.0 Å². The SMILES string of the molecule is COCc1ccccc1-c1cncc(-c2cnc3c(c2)CCCN3C(N)=O)c1. The van der Waals surface area contributed by atoms with Crippen molar-refractivity contribution in [2.75, 3.05) is 18.6 Å². The minimum Gasteiger partial charge on any atom is -0.380 e. The molecule has 0 unspecified atom stereocenters. The number of anilines is 1. The Morgan fingerprint density at radius 1 is 1.14 bits per heavy atom. The fraction of sp³-hybridized carbons (Fsp3) is 0.227. The summed E-state index contributed by atoms with van der Waals surface area (Å²) >= 11 is 0. The number of carbonyl (C=O) groups excluding carboxylic acids is 1. The summed E-state index contributed by atoms with van der Waals surface area (Å²) in [7, 11) is 1.69. The third-order valence-electron chi connectivity index (χ3n) is 4.99. The van der Waals surface area contributed by atoms with Crippen molar-refractivity contribution in [2.24, 2.45) is 5.73 Å². The van der Waals surface area contributed by atoms with E-state index in [0.29, 0.717) is 19.0 Å². The fourth-order valence-electron chi connectivity index (χ4n) is 3.66. The molecule has 3 aromatic rings. The molecule has 0 radical (unpaired) electrons. The smallest absolute Gasteiger partial charge is 0.320 e. The first-order valence-corrected chi connectivity index (χ1v) is 9.26. The molecule has 4 rings (SSSR count). The molecule has 1 aliphatic rings. The van der Waals surface area contributed by atoms with E-state index >= 15 is 0 Å². The zero-order valence-corrected chi connectivity index (χ0v) is 15.8. The summed E-state index contributed by atoms with van der Waals surface area (Å²) in [5.74, 6) is 0.664. The number of benzene rings is 1. The number of pyridine rings is 2. The first kappa shape index (κ1) is 18.1. The molecule has 6 heteroatoms. The van der Waals surface area contributed by atoms with E-state index < -0.39 is 6.03 Å². The number of ether oxygens (including phenoxy) is 1. The van der Waals surface area contributed by atoms with Gasteiger partial charge in [0.25, 0.3) is 0 Å². The quantitative estimate of drug-likeness (QED) is 0.753. The lowest BCUT2D eigenvalue weighted by Gasteiger charge is -2.26. The van der Waals surface area contributed by atoms with Gasteiger partial charge in [-0.3, -0.25) is 9.88 Å². The Balaban J connectivity index is 1.72. The lowest BCUT2D eigenvalue weighted by molar-refractivity contribution is 0.185. The molecule has 1 aliphatic heterocycles. The van der Waals surface area contributed by atoms with Crippen molar-refractivity contribution in [1.29, 1.82) is 0 Å². The highest BCUT2D eigenvalue weighted by Gasteiger charge is 2.22. The first-order valence-electron chi connectivity index (χ1n) is 9.26. The molecule has 0 atom stereocenters. The third-order valence-corrected chi connectivity index (χ3v) is 4.99. The van der Waals surface area contributed by atoms with Gasteiger partial charge >= 0.3 is 6.03 Å². The van der Waals surface area contributed by atoms with Gasteiger partial charge in [-0.1, -0.05) is 24.3 Å². The van der Waals surface area contributed by atoms with Crippen molar-refractivity contribution in [2.45, 2.75) is 19.4 Å². The van der Waals surface area contributed by atoms with E-state index in [4.69, 9.17) is 10.5 Å². The number of aryl methyl sites for hydroxylation is 1. The van der Waals surface area contributed by atoms with E-state index in [0.717, 1.165) is 46.2 Å². The van der Waals surface area contributed by atoms with Crippen LogP contribution in [-0.2, 0) is 17.8 Å². The summed E-state index contributed by atoms with van der Waals surface area (Å²) in [5, 5.41) is 0. The number of nitrogens with two attached hydrogens (primary N) is 1. The van der Waals surface area contributed by atoms with E-state index in [9.17, 15) is 4.79 Å². The number of hydrogen-bond acceptors (Lipinski definition) is 4. The average Bonchev–Trinajstić information content (AvgIpc) is 2.73. The van der Waals surface area contributed by atoms with Gasteiger partial charge in [-0.25, -0.2) is 9.78 Å². The minimum atomic E-state index is -0.459. The van der Waals surface area contributed by atoms with Crippen LogP contribution in [0.25, 0.3) is 22.3 Å². The molecule has 0 saturated heterocycles. The largest absolute Gasteiger partial charge is 0.380 e. The number of urea groups is 1. The Bertz CT molecular complexity index is 1020. The first-order chi connectivity index (χ1) is 13.7. The number of carbonyl (C=O) groups is 1. The van der Waals surface area contributed by atoms with Gasteiger partial charge in [0.1, 0.15) is 5.82 Å². The van der Waals surface area contributed by atoms with Gasteiger partial charge in [0.2, 0.25) is 0 Å². The van der Waals surface area contributed by atoms with Crippen molar-refractivity contribution in [1.82, 2.24) is 9.97 Å². The molecule has 3 heterocycles. The highest BCUT2D eigenvalue weighted by molar-refractivity contribution is 5.91. The van der Waals surface area contributed by atoms with Crippen LogP contribution in [0.4, 0.5) is 10.6 Å². The molecular formula is C22H22N4O2. The third kappa shape index (κ3) is 3.46. The van der Waals surface area contributed by atoms with E-state index in [-0.39, 0.29) is 0 Å². The molecule has 2 aromatic heterocycles. The maximum Gasteiger partial charge on any atom is 0.320 e. The predicted molar refractivity (Wildman–Crippen MR) is 109 cm³/mol. The molecule has 0 aliphatic carbocycles. The Morgan fingerprint density at radius 2 is 1.93 bits per heavy atom. The minimum absolute atomic E-state index is 0.459. The van der Waals surface area contributed by atoms with Crippen molar-refractivity contribution >= 4 is 11.8 Å². The molecule has 2 amide bonds. The number of methoxy groups -OCH3 is 1. The van der Waals surface area contributed by atoms with E-state index in [1.807, 2.05) is 24.5 Å². The van der Waals surface area contributed by atoms with E-state index in [1.165, 1.54) is 4.90 Å². The predicted octanol–water partition coefficient (Wildman–Crippen LogP) is 3.79. The number of rotatable bonds is 4. The summed E-state index contributed by atoms with van der Waals surface area (Å²) in [6, 6.07) is 11.9. The van der Waals surface area contributed by atoms with Gasteiger partial charge in [0.15, 0.2) is 0 Å². The molecule has 6 nitrogen and oxygen atoms in total. The second kappa shape index (κ2) is 7.78. The number of primary amides is 1. The second-order valence-electron chi connectivity index (χ2n) is 6.85. The van der Waals surface area contributed by atoms with Crippen molar-refractivity contribution in [3.8, 4) is 22.3 Å². The van der Waals surface area contributed by atoms with Gasteiger partial charge in [0, 0.05) is 48.9 Å². The van der Waals surface area contributed by atoms with Crippen LogP contribution >= 0.6 is 0 Å². The van der Waals surface area contributed by atoms with E-state index in [1.54, 1.807) is 13.3 Å². The van der Waals surface area contributed by atoms with Crippen molar-refractivity contribution < 1.29 is 9.53 Å². The lowest BCUT2D eigenvalue weighted by atomic mass is 9.97. The average molecular weight is 374 g/mol. The summed E-state index contributed by atoms with van der Waals surface area (Å²) < 4.78 is 5.32. The molecule has 142 valence electrons. The standard InChI is InChI=1S/C22H22N4O2/c1-28-14-16-5-2-3-7-20(16)19-10-17(11-24-12-19)18-9-15-6-4-8-26(22(23)27)21(15)25-13-18/h2-3,5,7,9-13H,4,6,8,14H2,1H3,(H2,23,27). The Kier molecular flexibility index (Phi) is 5.04. The lowest BCUT2D eigenvalue weighted by Crippen LogP contribution is -2.40. The van der Waals surface area contributed by atoms with Crippen LogP contribution in [0.2, 0.25) is 0 Å². The summed E-state index contributed by atoms with van der Waals surface area (Å²) in [5.41, 5.74) is 11.7. The number of fused-ring (bicyclic) bond motifs is 1. The van der Waals surface area contributed by atoms with Crippen LogP contribution in [0.5, 0.6) is 0 Å². The Morgan fingerprint density at radius 3 is 2.75 bits per heavy atom. The molecule has 0 bridgehead atoms. The van der Waals surface area contributed by atoms with Gasteiger partial charge < -0.3 is 10.5 Å². The number of amides is 2. The molecule has 0 fully saturated rings. The summed E-state index contributed by atoms with van der Waals surface area (Å²) in [6.45, 7) is 1.16. The number of hydrogen-bond donors (Lipinski definition) is 1. The summed E-state index contributed by atoms with van der Waals surface area (Å²) in [4.78, 5) is 22.2. The van der Waals surface area contributed by atoms with Gasteiger partial charge in [-0.05, 0) is 41.7 Å².